The minimum atomic E-state index is -2.10. The molecule has 2 rings (SSSR count). The van der Waals surface area contributed by atoms with Crippen LogP contribution >= 0.6 is 0 Å². The molecule has 2 aromatic rings. The van der Waals surface area contributed by atoms with Gasteiger partial charge in [-0.1, -0.05) is 97.4 Å². The third-order valence-corrected chi connectivity index (χ3v) is 11.4. The number of rotatable bonds is 7. The van der Waals surface area contributed by atoms with Crippen molar-refractivity contribution in [2.45, 2.75) is 51.6 Å². The highest BCUT2D eigenvalue weighted by Gasteiger charge is 2.47. The Morgan fingerprint density at radius 2 is 1.32 bits per heavy atom. The summed E-state index contributed by atoms with van der Waals surface area (Å²) in [5, 5.41) is 3.02. The predicted molar refractivity (Wildman–Crippen MR) is 111 cm³/mol. The van der Waals surface area contributed by atoms with Gasteiger partial charge in [0, 0.05) is 6.42 Å². The molecule has 0 aromatic heterocycles. The van der Waals surface area contributed by atoms with Crippen LogP contribution < -0.4 is 10.4 Å². The van der Waals surface area contributed by atoms with Gasteiger partial charge in [0.2, 0.25) is 0 Å². The molecule has 25 heavy (non-hydrogen) atoms. The molecule has 0 N–H and O–H groups in total. The summed E-state index contributed by atoms with van der Waals surface area (Å²) in [4.78, 5) is 11.4. The maximum atomic E-state index is 11.4. The van der Waals surface area contributed by atoms with Crippen molar-refractivity contribution in [3.05, 3.63) is 72.8 Å². The first-order valence-electron chi connectivity index (χ1n) is 9.04. The fourth-order valence-corrected chi connectivity index (χ4v) is 9.22. The summed E-state index contributed by atoms with van der Waals surface area (Å²) in [6.45, 7) is 13.1. The summed E-state index contributed by atoms with van der Waals surface area (Å²) in [5.74, 6) is 0.239. The molecule has 0 aliphatic heterocycles. The van der Waals surface area contributed by atoms with Crippen molar-refractivity contribution in [2.24, 2.45) is 0 Å². The summed E-state index contributed by atoms with van der Waals surface area (Å²) in [6.07, 6.45) is 1.39. The Bertz CT molecular complexity index is 671. The number of allylic oxidation sites excluding steroid dienone is 1. The highest BCUT2D eigenvalue weighted by molar-refractivity contribution is 7.04. The van der Waals surface area contributed by atoms with Gasteiger partial charge in [-0.25, -0.2) is 0 Å². The van der Waals surface area contributed by atoms with E-state index >= 15 is 0 Å². The minimum Gasteiger partial charge on any atom is -0.300 e. The molecule has 0 atom stereocenters. The Morgan fingerprint density at radius 1 is 0.880 bits per heavy atom. The molecule has 0 heterocycles. The number of benzene rings is 2. The SMILES string of the molecule is C=C(CCC(C)=O)C[Si](c1ccccc1)(c1ccccc1)C(C)(C)C. The van der Waals surface area contributed by atoms with Crippen LogP contribution in [0.1, 0.15) is 40.5 Å². The minimum absolute atomic E-state index is 0.134. The maximum absolute atomic E-state index is 11.4. The van der Waals surface area contributed by atoms with Crippen LogP contribution in [0.25, 0.3) is 0 Å². The van der Waals surface area contributed by atoms with Crippen LogP contribution in [0, 0.1) is 0 Å². The second-order valence-corrected chi connectivity index (χ2v) is 12.8. The van der Waals surface area contributed by atoms with Crippen molar-refractivity contribution in [2.75, 3.05) is 0 Å². The van der Waals surface area contributed by atoms with Crippen LogP contribution in [0.2, 0.25) is 11.1 Å². The Hall–Kier alpha value is -1.93. The maximum Gasteiger partial charge on any atom is 0.130 e. The molecule has 0 spiro atoms. The second kappa shape index (κ2) is 7.96. The van der Waals surface area contributed by atoms with Crippen molar-refractivity contribution in [3.8, 4) is 0 Å². The van der Waals surface area contributed by atoms with E-state index in [0.29, 0.717) is 6.42 Å². The molecule has 0 amide bonds. The van der Waals surface area contributed by atoms with E-state index in [2.05, 4.69) is 88.0 Å². The van der Waals surface area contributed by atoms with E-state index in [1.807, 2.05) is 0 Å². The third-order valence-electron chi connectivity index (χ3n) is 5.16. The molecule has 0 aliphatic carbocycles. The average Bonchev–Trinajstić information content (AvgIpc) is 2.58. The molecule has 0 fully saturated rings. The predicted octanol–water partition coefficient (Wildman–Crippen LogP) is 4.98. The first-order valence-corrected chi connectivity index (χ1v) is 11.3. The average molecular weight is 351 g/mol. The van der Waals surface area contributed by atoms with Gasteiger partial charge in [-0.05, 0) is 24.4 Å². The smallest absolute Gasteiger partial charge is 0.130 e. The fourth-order valence-electron chi connectivity index (χ4n) is 3.76. The lowest BCUT2D eigenvalue weighted by Gasteiger charge is -2.45. The van der Waals surface area contributed by atoms with Gasteiger partial charge >= 0.3 is 0 Å². The van der Waals surface area contributed by atoms with E-state index in [1.54, 1.807) is 6.92 Å². The van der Waals surface area contributed by atoms with E-state index in [0.717, 1.165) is 12.5 Å². The molecule has 0 aliphatic rings. The number of Topliss-reactive ketones (excluding diaryl/α,β-unsaturated/α-hetero) is 1. The van der Waals surface area contributed by atoms with Crippen LogP contribution in [0.4, 0.5) is 0 Å². The number of carbonyl (C=O) groups excluding carboxylic acids is 1. The van der Waals surface area contributed by atoms with Gasteiger partial charge in [-0.2, -0.15) is 0 Å². The van der Waals surface area contributed by atoms with Gasteiger partial charge in [0.25, 0.3) is 0 Å². The molecule has 0 saturated heterocycles. The standard InChI is InChI=1S/C23H30OSi/c1-19(16-17-20(2)24)18-25(23(3,4)5,21-12-8-6-9-13-21)22-14-10-7-11-15-22/h6-15H,1,16-18H2,2-5H3. The van der Waals surface area contributed by atoms with E-state index in [1.165, 1.54) is 15.9 Å². The molecule has 0 saturated carbocycles. The van der Waals surface area contributed by atoms with E-state index in [-0.39, 0.29) is 10.8 Å². The zero-order valence-electron chi connectivity index (χ0n) is 16.0. The largest absolute Gasteiger partial charge is 0.300 e. The lowest BCUT2D eigenvalue weighted by molar-refractivity contribution is -0.116. The summed E-state index contributed by atoms with van der Waals surface area (Å²) in [7, 11) is -2.10. The Morgan fingerprint density at radius 3 is 1.68 bits per heavy atom. The molecule has 2 aromatic carbocycles. The zero-order valence-corrected chi connectivity index (χ0v) is 17.0. The fraction of sp³-hybridized carbons (Fsp3) is 0.348. The molecule has 0 unspecified atom stereocenters. The van der Waals surface area contributed by atoms with E-state index in [9.17, 15) is 4.79 Å². The lowest BCUT2D eigenvalue weighted by Crippen LogP contribution is -2.64. The zero-order chi connectivity index (χ0) is 18.5. The first-order chi connectivity index (χ1) is 11.8. The summed E-state index contributed by atoms with van der Waals surface area (Å²) in [5.41, 5.74) is 1.20. The number of ketones is 1. The highest BCUT2D eigenvalue weighted by atomic mass is 28.3. The van der Waals surface area contributed by atoms with Gasteiger partial charge in [0.05, 0.1) is 0 Å². The van der Waals surface area contributed by atoms with Crippen molar-refractivity contribution >= 4 is 24.2 Å². The molecule has 0 radical (unpaired) electrons. The molecule has 2 heteroatoms. The monoisotopic (exact) mass is 350 g/mol. The van der Waals surface area contributed by atoms with Gasteiger partial charge < -0.3 is 4.79 Å². The van der Waals surface area contributed by atoms with Gasteiger partial charge in [-0.15, -0.1) is 6.58 Å². The Balaban J connectivity index is 2.57. The number of hydrogen-bond donors (Lipinski definition) is 0. The lowest BCUT2D eigenvalue weighted by atomic mass is 10.1. The Kier molecular flexibility index (Phi) is 6.18. The molecule has 1 nitrogen and oxygen atoms in total. The van der Waals surface area contributed by atoms with Crippen LogP contribution in [-0.4, -0.2) is 13.9 Å². The third kappa shape index (κ3) is 4.38. The van der Waals surface area contributed by atoms with E-state index in [4.69, 9.17) is 0 Å². The summed E-state index contributed by atoms with van der Waals surface area (Å²) >= 11 is 0. The summed E-state index contributed by atoms with van der Waals surface area (Å²) in [6, 6.07) is 22.8. The normalized spacial score (nSPS) is 12.0. The van der Waals surface area contributed by atoms with Crippen molar-refractivity contribution in [1.82, 2.24) is 0 Å². The molecule has 0 bridgehead atoms. The van der Waals surface area contributed by atoms with Crippen LogP contribution in [-0.2, 0) is 4.79 Å². The Labute approximate surface area is 153 Å². The van der Waals surface area contributed by atoms with E-state index < -0.39 is 8.07 Å². The quantitative estimate of drug-likeness (QED) is 0.509. The van der Waals surface area contributed by atoms with Gasteiger partial charge in [0.1, 0.15) is 13.9 Å². The van der Waals surface area contributed by atoms with Gasteiger partial charge in [0.15, 0.2) is 0 Å². The number of carbonyl (C=O) groups is 1. The van der Waals surface area contributed by atoms with Crippen molar-refractivity contribution < 1.29 is 4.79 Å². The highest BCUT2D eigenvalue weighted by Crippen LogP contribution is 2.40. The topological polar surface area (TPSA) is 17.1 Å². The first kappa shape index (κ1) is 19.4. The second-order valence-electron chi connectivity index (χ2n) is 8.02. The van der Waals surface area contributed by atoms with Crippen LogP contribution in [0.15, 0.2) is 72.8 Å². The molecular formula is C23H30OSi. The number of hydrogen-bond acceptors (Lipinski definition) is 1. The van der Waals surface area contributed by atoms with Crippen molar-refractivity contribution in [1.29, 1.82) is 0 Å². The molecular weight excluding hydrogens is 320 g/mol. The molecule has 132 valence electrons. The van der Waals surface area contributed by atoms with Crippen molar-refractivity contribution in [3.63, 3.8) is 0 Å². The van der Waals surface area contributed by atoms with Crippen LogP contribution in [0.5, 0.6) is 0 Å². The van der Waals surface area contributed by atoms with Crippen LogP contribution in [0.3, 0.4) is 0 Å². The van der Waals surface area contributed by atoms with Gasteiger partial charge in [-0.3, -0.25) is 0 Å². The summed E-state index contributed by atoms with van der Waals surface area (Å²) < 4.78 is 0.